The van der Waals surface area contributed by atoms with Crippen molar-refractivity contribution in [2.45, 2.75) is 25.9 Å². The standard InChI is InChI=1S/C15H21FN2O2/c1-20-15(19)13-6-3-7-18(10-13)9-12-5-2-4-11(8-17)14(12)16/h2,4-5,13H,3,6-10,17H2,1H3. The number of hydrogen-bond acceptors (Lipinski definition) is 4. The molecule has 2 N–H and O–H groups in total. The molecule has 1 aromatic carbocycles. The second-order valence-corrected chi connectivity index (χ2v) is 5.19. The van der Waals surface area contributed by atoms with Gasteiger partial charge in [0.05, 0.1) is 13.0 Å². The molecule has 5 heteroatoms. The molecule has 0 radical (unpaired) electrons. The second kappa shape index (κ2) is 6.81. The van der Waals surface area contributed by atoms with Crippen molar-refractivity contribution in [1.29, 1.82) is 0 Å². The Hall–Kier alpha value is -1.46. The van der Waals surface area contributed by atoms with E-state index in [4.69, 9.17) is 10.5 Å². The van der Waals surface area contributed by atoms with E-state index in [0.29, 0.717) is 24.2 Å². The Labute approximate surface area is 118 Å². The molecule has 0 saturated carbocycles. The highest BCUT2D eigenvalue weighted by Crippen LogP contribution is 2.21. The van der Waals surface area contributed by atoms with Gasteiger partial charge in [-0.3, -0.25) is 9.69 Å². The lowest BCUT2D eigenvalue weighted by atomic mass is 9.97. The molecule has 110 valence electrons. The van der Waals surface area contributed by atoms with Gasteiger partial charge in [0.2, 0.25) is 0 Å². The lowest BCUT2D eigenvalue weighted by Crippen LogP contribution is -2.38. The number of likely N-dealkylation sites (tertiary alicyclic amines) is 1. The third kappa shape index (κ3) is 3.35. The topological polar surface area (TPSA) is 55.6 Å². The van der Waals surface area contributed by atoms with Crippen LogP contribution in [0.3, 0.4) is 0 Å². The van der Waals surface area contributed by atoms with E-state index in [-0.39, 0.29) is 24.2 Å². The molecule has 0 aromatic heterocycles. The number of carbonyl (C=O) groups excluding carboxylic acids is 1. The number of halogens is 1. The molecule has 0 spiro atoms. The van der Waals surface area contributed by atoms with E-state index in [1.165, 1.54) is 7.11 Å². The Bertz CT molecular complexity index is 479. The maximum Gasteiger partial charge on any atom is 0.309 e. The van der Waals surface area contributed by atoms with Crippen LogP contribution in [0.25, 0.3) is 0 Å². The molecule has 20 heavy (non-hydrogen) atoms. The zero-order valence-electron chi connectivity index (χ0n) is 11.8. The maximum atomic E-state index is 14.2. The molecule has 1 aliphatic heterocycles. The van der Waals surface area contributed by atoms with Crippen molar-refractivity contribution < 1.29 is 13.9 Å². The number of carbonyl (C=O) groups is 1. The molecule has 4 nitrogen and oxygen atoms in total. The summed E-state index contributed by atoms with van der Waals surface area (Å²) in [4.78, 5) is 13.7. The van der Waals surface area contributed by atoms with Crippen molar-refractivity contribution in [3.63, 3.8) is 0 Å². The Morgan fingerprint density at radius 2 is 2.25 bits per heavy atom. The van der Waals surface area contributed by atoms with Crippen LogP contribution in [0.5, 0.6) is 0 Å². The highest BCUT2D eigenvalue weighted by Gasteiger charge is 2.26. The molecule has 1 atom stereocenters. The van der Waals surface area contributed by atoms with Gasteiger partial charge < -0.3 is 10.5 Å². The molecular formula is C15H21FN2O2. The van der Waals surface area contributed by atoms with E-state index in [0.717, 1.165) is 19.4 Å². The summed E-state index contributed by atoms with van der Waals surface area (Å²) in [6.07, 6.45) is 1.77. The van der Waals surface area contributed by atoms with Gasteiger partial charge in [-0.2, -0.15) is 0 Å². The molecule has 1 heterocycles. The number of nitrogens with zero attached hydrogens (tertiary/aromatic N) is 1. The predicted octanol–water partition coefficient (Wildman–Crippen LogP) is 1.67. The second-order valence-electron chi connectivity index (χ2n) is 5.19. The number of piperidine rings is 1. The van der Waals surface area contributed by atoms with Crippen molar-refractivity contribution in [2.75, 3.05) is 20.2 Å². The average molecular weight is 280 g/mol. The monoisotopic (exact) mass is 280 g/mol. The molecule has 1 saturated heterocycles. The first-order valence-corrected chi connectivity index (χ1v) is 6.92. The highest BCUT2D eigenvalue weighted by atomic mass is 19.1. The Balaban J connectivity index is 2.04. The van der Waals surface area contributed by atoms with Gasteiger partial charge in [0.15, 0.2) is 0 Å². The van der Waals surface area contributed by atoms with E-state index in [1.54, 1.807) is 12.1 Å². The molecule has 1 aromatic rings. The zero-order chi connectivity index (χ0) is 14.5. The molecule has 0 amide bonds. The van der Waals surface area contributed by atoms with Gasteiger partial charge in [0.25, 0.3) is 0 Å². The van der Waals surface area contributed by atoms with Crippen molar-refractivity contribution >= 4 is 5.97 Å². The van der Waals surface area contributed by atoms with E-state index in [2.05, 4.69) is 4.90 Å². The van der Waals surface area contributed by atoms with Crippen LogP contribution < -0.4 is 5.73 Å². The summed E-state index contributed by atoms with van der Waals surface area (Å²) in [6.45, 7) is 2.20. The van der Waals surface area contributed by atoms with Crippen molar-refractivity contribution in [3.8, 4) is 0 Å². The third-order valence-corrected chi connectivity index (χ3v) is 3.81. The summed E-state index contributed by atoms with van der Waals surface area (Å²) in [5.41, 5.74) is 6.69. The molecule has 2 rings (SSSR count). The van der Waals surface area contributed by atoms with Gasteiger partial charge in [-0.25, -0.2) is 4.39 Å². The fourth-order valence-corrected chi connectivity index (χ4v) is 2.71. The summed E-state index contributed by atoms with van der Waals surface area (Å²) in [7, 11) is 1.41. The van der Waals surface area contributed by atoms with Gasteiger partial charge in [-0.05, 0) is 19.4 Å². The summed E-state index contributed by atoms with van der Waals surface area (Å²) < 4.78 is 18.9. The largest absolute Gasteiger partial charge is 0.469 e. The average Bonchev–Trinajstić information content (AvgIpc) is 2.49. The first kappa shape index (κ1) is 14.9. The maximum absolute atomic E-state index is 14.2. The lowest BCUT2D eigenvalue weighted by Gasteiger charge is -2.31. The molecule has 0 aliphatic carbocycles. The van der Waals surface area contributed by atoms with E-state index in [9.17, 15) is 9.18 Å². The third-order valence-electron chi connectivity index (χ3n) is 3.81. The highest BCUT2D eigenvalue weighted by molar-refractivity contribution is 5.72. The van der Waals surface area contributed by atoms with Gasteiger partial charge in [0.1, 0.15) is 5.82 Å². The minimum atomic E-state index is -0.227. The first-order valence-electron chi connectivity index (χ1n) is 6.92. The number of methoxy groups -OCH3 is 1. The minimum absolute atomic E-state index is 0.102. The van der Waals surface area contributed by atoms with Gasteiger partial charge in [0, 0.05) is 30.8 Å². The number of esters is 1. The quantitative estimate of drug-likeness (QED) is 0.852. The first-order chi connectivity index (χ1) is 9.65. The molecule has 1 unspecified atom stereocenters. The number of rotatable bonds is 4. The van der Waals surface area contributed by atoms with Crippen LogP contribution in [0.1, 0.15) is 24.0 Å². The Morgan fingerprint density at radius 3 is 2.95 bits per heavy atom. The van der Waals surface area contributed by atoms with Gasteiger partial charge >= 0.3 is 5.97 Å². The number of ether oxygens (including phenoxy) is 1. The van der Waals surface area contributed by atoms with Crippen LogP contribution in [-0.2, 0) is 22.6 Å². The Kier molecular flexibility index (Phi) is 5.09. The smallest absolute Gasteiger partial charge is 0.309 e. The molecule has 0 bridgehead atoms. The Morgan fingerprint density at radius 1 is 1.50 bits per heavy atom. The van der Waals surface area contributed by atoms with Gasteiger partial charge in [-0.1, -0.05) is 18.2 Å². The fourth-order valence-electron chi connectivity index (χ4n) is 2.71. The minimum Gasteiger partial charge on any atom is -0.469 e. The van der Waals surface area contributed by atoms with Crippen LogP contribution in [0.2, 0.25) is 0 Å². The van der Waals surface area contributed by atoms with Crippen molar-refractivity contribution in [1.82, 2.24) is 4.90 Å². The van der Waals surface area contributed by atoms with Crippen LogP contribution in [0.15, 0.2) is 18.2 Å². The summed E-state index contributed by atoms with van der Waals surface area (Å²) in [5, 5.41) is 0. The normalized spacial score (nSPS) is 19.9. The van der Waals surface area contributed by atoms with E-state index >= 15 is 0 Å². The summed E-state index contributed by atoms with van der Waals surface area (Å²) in [6, 6.07) is 5.30. The van der Waals surface area contributed by atoms with Crippen LogP contribution in [-0.4, -0.2) is 31.1 Å². The lowest BCUT2D eigenvalue weighted by molar-refractivity contribution is -0.147. The zero-order valence-corrected chi connectivity index (χ0v) is 11.8. The molecule has 1 aliphatic rings. The fraction of sp³-hybridized carbons (Fsp3) is 0.533. The predicted molar refractivity (Wildman–Crippen MR) is 74.3 cm³/mol. The molecule has 1 fully saturated rings. The van der Waals surface area contributed by atoms with E-state index < -0.39 is 0 Å². The number of hydrogen-bond donors (Lipinski definition) is 1. The molecular weight excluding hydrogens is 259 g/mol. The van der Waals surface area contributed by atoms with Crippen molar-refractivity contribution in [3.05, 3.63) is 35.1 Å². The SMILES string of the molecule is COC(=O)C1CCCN(Cc2cccc(CN)c2F)C1. The number of nitrogens with two attached hydrogens (primary N) is 1. The van der Waals surface area contributed by atoms with Crippen LogP contribution in [0, 0.1) is 11.7 Å². The summed E-state index contributed by atoms with van der Waals surface area (Å²) in [5.74, 6) is -0.504. The van der Waals surface area contributed by atoms with Crippen molar-refractivity contribution in [2.24, 2.45) is 11.7 Å². The summed E-state index contributed by atoms with van der Waals surface area (Å²) >= 11 is 0. The number of benzene rings is 1. The van der Waals surface area contributed by atoms with E-state index in [1.807, 2.05) is 6.07 Å². The van der Waals surface area contributed by atoms with Crippen LogP contribution >= 0.6 is 0 Å². The van der Waals surface area contributed by atoms with Crippen LogP contribution in [0.4, 0.5) is 4.39 Å². The van der Waals surface area contributed by atoms with Gasteiger partial charge in [-0.15, -0.1) is 0 Å².